The Kier molecular flexibility index (Phi) is 4.97. The molecule has 0 amide bonds. The molecule has 0 fully saturated rings. The highest BCUT2D eigenvalue weighted by atomic mass is 35.5. The lowest BCUT2D eigenvalue weighted by atomic mass is 10.1. The first-order chi connectivity index (χ1) is 9.49. The summed E-state index contributed by atoms with van der Waals surface area (Å²) in [6, 6.07) is 5.92. The summed E-state index contributed by atoms with van der Waals surface area (Å²) in [6.45, 7) is 6.12. The number of aryl methyl sites for hydroxylation is 1. The number of aromatic nitrogens is 2. The van der Waals surface area contributed by atoms with Crippen LogP contribution in [0.2, 0.25) is 10.0 Å². The first kappa shape index (κ1) is 15.2. The number of benzene rings is 1. The van der Waals surface area contributed by atoms with Crippen LogP contribution in [0.15, 0.2) is 30.6 Å². The van der Waals surface area contributed by atoms with Crippen molar-refractivity contribution in [3.05, 3.63) is 57.6 Å². The molecule has 1 N–H and O–H groups in total. The second-order valence-electron chi connectivity index (χ2n) is 4.81. The zero-order chi connectivity index (χ0) is 14.7. The van der Waals surface area contributed by atoms with Gasteiger partial charge in [0.15, 0.2) is 0 Å². The Morgan fingerprint density at radius 1 is 1.00 bits per heavy atom. The summed E-state index contributed by atoms with van der Waals surface area (Å²) >= 11 is 12.0. The van der Waals surface area contributed by atoms with Crippen molar-refractivity contribution in [2.75, 3.05) is 0 Å². The highest BCUT2D eigenvalue weighted by Crippen LogP contribution is 2.26. The maximum absolute atomic E-state index is 6.05. The van der Waals surface area contributed by atoms with Crippen molar-refractivity contribution in [1.29, 1.82) is 0 Å². The molecule has 0 aliphatic carbocycles. The molecule has 2 atom stereocenters. The molecule has 5 heteroatoms. The van der Waals surface area contributed by atoms with Gasteiger partial charge in [-0.15, -0.1) is 0 Å². The predicted octanol–water partition coefficient (Wildman–Crippen LogP) is 4.50. The maximum Gasteiger partial charge on any atom is 0.0782 e. The molecule has 1 aromatic heterocycles. The zero-order valence-electron chi connectivity index (χ0n) is 11.7. The highest BCUT2D eigenvalue weighted by Gasteiger charge is 2.15. The van der Waals surface area contributed by atoms with E-state index in [9.17, 15) is 0 Å². The van der Waals surface area contributed by atoms with Crippen LogP contribution in [0.25, 0.3) is 0 Å². The highest BCUT2D eigenvalue weighted by molar-refractivity contribution is 6.42. The Bertz CT molecular complexity index is 601. The SMILES string of the molecule is Cc1nccnc1C(C)NC(C)c1ccc(Cl)c(Cl)c1. The Morgan fingerprint density at radius 2 is 1.70 bits per heavy atom. The molecule has 0 bridgehead atoms. The molecule has 0 spiro atoms. The van der Waals surface area contributed by atoms with E-state index in [-0.39, 0.29) is 12.1 Å². The van der Waals surface area contributed by atoms with Crippen LogP contribution in [0.3, 0.4) is 0 Å². The summed E-state index contributed by atoms with van der Waals surface area (Å²) in [7, 11) is 0. The van der Waals surface area contributed by atoms with Gasteiger partial charge < -0.3 is 5.32 Å². The molecule has 2 rings (SSSR count). The second kappa shape index (κ2) is 6.53. The third-order valence-electron chi connectivity index (χ3n) is 3.27. The van der Waals surface area contributed by atoms with E-state index in [2.05, 4.69) is 29.1 Å². The van der Waals surface area contributed by atoms with Crippen molar-refractivity contribution >= 4 is 23.2 Å². The fourth-order valence-corrected chi connectivity index (χ4v) is 2.48. The molecule has 2 aromatic rings. The smallest absolute Gasteiger partial charge is 0.0782 e. The van der Waals surface area contributed by atoms with Crippen LogP contribution >= 0.6 is 23.2 Å². The first-order valence-electron chi connectivity index (χ1n) is 6.47. The van der Waals surface area contributed by atoms with Gasteiger partial charge in [0.2, 0.25) is 0 Å². The van der Waals surface area contributed by atoms with Crippen LogP contribution in [-0.2, 0) is 0 Å². The molecule has 3 nitrogen and oxygen atoms in total. The fourth-order valence-electron chi connectivity index (χ4n) is 2.18. The van der Waals surface area contributed by atoms with Crippen LogP contribution in [0, 0.1) is 6.92 Å². The van der Waals surface area contributed by atoms with Crippen molar-refractivity contribution in [3.8, 4) is 0 Å². The van der Waals surface area contributed by atoms with Gasteiger partial charge in [-0.05, 0) is 38.5 Å². The average Bonchev–Trinajstić information content (AvgIpc) is 2.42. The minimum absolute atomic E-state index is 0.105. The van der Waals surface area contributed by atoms with E-state index in [0.717, 1.165) is 17.0 Å². The third-order valence-corrected chi connectivity index (χ3v) is 4.01. The van der Waals surface area contributed by atoms with E-state index >= 15 is 0 Å². The van der Waals surface area contributed by atoms with Crippen molar-refractivity contribution in [2.45, 2.75) is 32.9 Å². The number of nitrogens with zero attached hydrogens (tertiary/aromatic N) is 2. The fraction of sp³-hybridized carbons (Fsp3) is 0.333. The van der Waals surface area contributed by atoms with Crippen LogP contribution in [0.5, 0.6) is 0 Å². The summed E-state index contributed by atoms with van der Waals surface area (Å²) < 4.78 is 0. The van der Waals surface area contributed by atoms with Gasteiger partial charge in [-0.25, -0.2) is 0 Å². The molecule has 1 aromatic carbocycles. The van der Waals surface area contributed by atoms with Gasteiger partial charge in [0.05, 0.1) is 21.4 Å². The number of halogens is 2. The lowest BCUT2D eigenvalue weighted by molar-refractivity contribution is 0.483. The monoisotopic (exact) mass is 309 g/mol. The van der Waals surface area contributed by atoms with Crippen molar-refractivity contribution in [2.24, 2.45) is 0 Å². The van der Waals surface area contributed by atoms with E-state index in [1.807, 2.05) is 25.1 Å². The van der Waals surface area contributed by atoms with Crippen molar-refractivity contribution in [3.63, 3.8) is 0 Å². The lowest BCUT2D eigenvalue weighted by Crippen LogP contribution is -2.24. The number of nitrogens with one attached hydrogen (secondary N) is 1. The largest absolute Gasteiger partial charge is 0.302 e. The summed E-state index contributed by atoms with van der Waals surface area (Å²) in [5.41, 5.74) is 2.99. The van der Waals surface area contributed by atoms with Crippen LogP contribution in [0.1, 0.15) is 42.9 Å². The maximum atomic E-state index is 6.05. The summed E-state index contributed by atoms with van der Waals surface area (Å²) in [5, 5.41) is 4.64. The van der Waals surface area contributed by atoms with E-state index in [1.54, 1.807) is 12.4 Å². The lowest BCUT2D eigenvalue weighted by Gasteiger charge is -2.21. The van der Waals surface area contributed by atoms with Gasteiger partial charge in [0.25, 0.3) is 0 Å². The summed E-state index contributed by atoms with van der Waals surface area (Å²) in [4.78, 5) is 8.65. The van der Waals surface area contributed by atoms with E-state index in [1.165, 1.54) is 0 Å². The molecule has 0 aliphatic heterocycles. The number of hydrogen-bond donors (Lipinski definition) is 1. The van der Waals surface area contributed by atoms with Crippen LogP contribution < -0.4 is 5.32 Å². The molecule has 0 radical (unpaired) electrons. The molecule has 0 saturated heterocycles. The third kappa shape index (κ3) is 3.48. The number of rotatable bonds is 4. The van der Waals surface area contributed by atoms with E-state index in [0.29, 0.717) is 10.0 Å². The average molecular weight is 310 g/mol. The first-order valence-corrected chi connectivity index (χ1v) is 7.23. The Balaban J connectivity index is 2.13. The molecular formula is C15H17Cl2N3. The second-order valence-corrected chi connectivity index (χ2v) is 5.62. The van der Waals surface area contributed by atoms with Gasteiger partial charge in [0.1, 0.15) is 0 Å². The van der Waals surface area contributed by atoms with Gasteiger partial charge in [-0.1, -0.05) is 29.3 Å². The molecule has 0 aliphatic rings. The topological polar surface area (TPSA) is 37.8 Å². The molecule has 106 valence electrons. The summed E-state index contributed by atoms with van der Waals surface area (Å²) in [5.74, 6) is 0. The molecular weight excluding hydrogens is 293 g/mol. The Labute approximate surface area is 129 Å². The van der Waals surface area contributed by atoms with Crippen molar-refractivity contribution < 1.29 is 0 Å². The van der Waals surface area contributed by atoms with Gasteiger partial charge in [0, 0.05) is 24.5 Å². The minimum Gasteiger partial charge on any atom is -0.302 e. The Hall–Kier alpha value is -1.16. The summed E-state index contributed by atoms with van der Waals surface area (Å²) in [6.07, 6.45) is 3.41. The molecule has 2 unspecified atom stereocenters. The standard InChI is InChI=1S/C15H17Cl2N3/c1-9(12-4-5-13(16)14(17)8-12)20-11(3)15-10(2)18-6-7-19-15/h4-9,11,20H,1-3H3. The van der Waals surface area contributed by atoms with Gasteiger partial charge in [-0.3, -0.25) is 9.97 Å². The normalized spacial score (nSPS) is 14.1. The van der Waals surface area contributed by atoms with Crippen LogP contribution in [0.4, 0.5) is 0 Å². The van der Waals surface area contributed by atoms with Gasteiger partial charge in [-0.2, -0.15) is 0 Å². The van der Waals surface area contributed by atoms with E-state index in [4.69, 9.17) is 23.2 Å². The molecule has 0 saturated carbocycles. The zero-order valence-corrected chi connectivity index (χ0v) is 13.2. The minimum atomic E-state index is 0.105. The molecule has 1 heterocycles. The predicted molar refractivity (Wildman–Crippen MR) is 83.2 cm³/mol. The number of hydrogen-bond acceptors (Lipinski definition) is 3. The quantitative estimate of drug-likeness (QED) is 0.903. The molecule has 20 heavy (non-hydrogen) atoms. The van der Waals surface area contributed by atoms with Crippen molar-refractivity contribution in [1.82, 2.24) is 15.3 Å². The van der Waals surface area contributed by atoms with Gasteiger partial charge >= 0.3 is 0 Å². The Morgan fingerprint density at radius 3 is 2.35 bits per heavy atom. The van der Waals surface area contributed by atoms with E-state index < -0.39 is 0 Å². The van der Waals surface area contributed by atoms with Crippen LogP contribution in [-0.4, -0.2) is 9.97 Å².